The fourth-order valence-corrected chi connectivity index (χ4v) is 3.35. The highest BCUT2D eigenvalue weighted by atomic mass is 16.5. The molecule has 14 heavy (non-hydrogen) atoms. The van der Waals surface area contributed by atoms with Crippen LogP contribution in [0, 0.1) is 11.3 Å². The molecule has 2 aliphatic rings. The zero-order valence-corrected chi connectivity index (χ0v) is 9.17. The van der Waals surface area contributed by atoms with Crippen LogP contribution in [0.4, 0.5) is 0 Å². The molecule has 2 nitrogen and oxygen atoms in total. The van der Waals surface area contributed by atoms with E-state index in [1.54, 1.807) is 0 Å². The molecule has 1 aliphatic heterocycles. The molecule has 2 heteroatoms. The molecule has 1 N–H and O–H groups in total. The summed E-state index contributed by atoms with van der Waals surface area (Å²) >= 11 is 0. The van der Waals surface area contributed by atoms with Crippen molar-refractivity contribution in [3.05, 3.63) is 0 Å². The highest BCUT2D eigenvalue weighted by Gasteiger charge is 2.46. The maximum atomic E-state index is 9.66. The van der Waals surface area contributed by atoms with Gasteiger partial charge in [-0.25, -0.2) is 0 Å². The predicted octanol–water partition coefficient (Wildman–Crippen LogP) is 2.35. The van der Waals surface area contributed by atoms with Crippen LogP contribution in [0.2, 0.25) is 0 Å². The Morgan fingerprint density at radius 1 is 1.29 bits per heavy atom. The first-order chi connectivity index (χ1) is 6.79. The van der Waals surface area contributed by atoms with Crippen molar-refractivity contribution in [1.82, 2.24) is 0 Å². The molecule has 0 bridgehead atoms. The minimum absolute atomic E-state index is 0.0976. The lowest BCUT2D eigenvalue weighted by molar-refractivity contribution is -0.0234. The largest absolute Gasteiger partial charge is 0.396 e. The Hall–Kier alpha value is -0.0800. The molecular formula is C12H22O2. The maximum Gasteiger partial charge on any atom is 0.0628 e. The normalized spacial score (nSPS) is 40.3. The van der Waals surface area contributed by atoms with Gasteiger partial charge in [-0.3, -0.25) is 0 Å². The van der Waals surface area contributed by atoms with Gasteiger partial charge in [0.1, 0.15) is 0 Å². The summed E-state index contributed by atoms with van der Waals surface area (Å²) in [7, 11) is 0. The molecule has 0 aromatic heterocycles. The summed E-state index contributed by atoms with van der Waals surface area (Å²) in [6.45, 7) is 3.30. The summed E-state index contributed by atoms with van der Waals surface area (Å²) in [5, 5.41) is 9.66. The highest BCUT2D eigenvalue weighted by molar-refractivity contribution is 4.95. The average molecular weight is 198 g/mol. The van der Waals surface area contributed by atoms with Crippen molar-refractivity contribution in [3.8, 4) is 0 Å². The van der Waals surface area contributed by atoms with E-state index in [0.29, 0.717) is 12.5 Å². The van der Waals surface area contributed by atoms with Crippen LogP contribution in [0.15, 0.2) is 0 Å². The van der Waals surface area contributed by atoms with Gasteiger partial charge in [-0.15, -0.1) is 0 Å². The Bertz CT molecular complexity index is 187. The van der Waals surface area contributed by atoms with Gasteiger partial charge in [0.25, 0.3) is 0 Å². The number of hydrogen-bond acceptors (Lipinski definition) is 2. The number of hydrogen-bond donors (Lipinski definition) is 1. The molecule has 0 amide bonds. The van der Waals surface area contributed by atoms with Gasteiger partial charge in [0.2, 0.25) is 0 Å². The molecule has 2 unspecified atom stereocenters. The zero-order valence-electron chi connectivity index (χ0n) is 9.17. The van der Waals surface area contributed by atoms with Crippen LogP contribution in [-0.4, -0.2) is 24.4 Å². The molecule has 1 aliphatic carbocycles. The first-order valence-corrected chi connectivity index (χ1v) is 6.02. The van der Waals surface area contributed by atoms with Crippen LogP contribution >= 0.6 is 0 Å². The van der Waals surface area contributed by atoms with Crippen LogP contribution in [0.5, 0.6) is 0 Å². The molecule has 0 radical (unpaired) electrons. The van der Waals surface area contributed by atoms with Gasteiger partial charge >= 0.3 is 0 Å². The van der Waals surface area contributed by atoms with Crippen molar-refractivity contribution in [2.75, 3.05) is 13.2 Å². The van der Waals surface area contributed by atoms with Crippen molar-refractivity contribution in [2.45, 2.75) is 51.6 Å². The lowest BCUT2D eigenvalue weighted by Gasteiger charge is -2.40. The summed E-state index contributed by atoms with van der Waals surface area (Å²) < 4.78 is 5.65. The van der Waals surface area contributed by atoms with E-state index in [9.17, 15) is 5.11 Å². The number of aliphatic hydroxyl groups is 1. The number of rotatable bonds is 2. The second-order valence-electron chi connectivity index (χ2n) is 4.99. The Labute approximate surface area is 86.6 Å². The lowest BCUT2D eigenvalue weighted by Crippen LogP contribution is -2.41. The van der Waals surface area contributed by atoms with Crippen molar-refractivity contribution in [1.29, 1.82) is 0 Å². The maximum absolute atomic E-state index is 9.66. The van der Waals surface area contributed by atoms with E-state index in [0.717, 1.165) is 13.0 Å². The van der Waals surface area contributed by atoms with Gasteiger partial charge in [-0.2, -0.15) is 0 Å². The third-order valence-electron chi connectivity index (χ3n) is 4.46. The average Bonchev–Trinajstić information content (AvgIpc) is 2.62. The quantitative estimate of drug-likeness (QED) is 0.738. The van der Waals surface area contributed by atoms with E-state index in [1.165, 1.54) is 32.1 Å². The summed E-state index contributed by atoms with van der Waals surface area (Å²) in [6, 6.07) is 0. The van der Waals surface area contributed by atoms with Gasteiger partial charge in [0.15, 0.2) is 0 Å². The fraction of sp³-hybridized carbons (Fsp3) is 1.00. The first-order valence-electron chi connectivity index (χ1n) is 6.02. The summed E-state index contributed by atoms with van der Waals surface area (Å²) in [5.41, 5.74) is 0.0976. The minimum Gasteiger partial charge on any atom is -0.396 e. The molecule has 1 saturated carbocycles. The fourth-order valence-electron chi connectivity index (χ4n) is 3.35. The van der Waals surface area contributed by atoms with E-state index in [4.69, 9.17) is 4.74 Å². The van der Waals surface area contributed by atoms with E-state index < -0.39 is 0 Å². The van der Waals surface area contributed by atoms with Crippen molar-refractivity contribution in [2.24, 2.45) is 11.3 Å². The standard InChI is InChI=1S/C12H22O2/c1-10-12(9-13,7-8-14-10)11-5-3-2-4-6-11/h10-11,13H,2-9H2,1H3. The number of aliphatic hydroxyl groups excluding tert-OH is 1. The van der Waals surface area contributed by atoms with Crippen LogP contribution < -0.4 is 0 Å². The third-order valence-corrected chi connectivity index (χ3v) is 4.46. The van der Waals surface area contributed by atoms with Gasteiger partial charge < -0.3 is 9.84 Å². The van der Waals surface area contributed by atoms with Crippen molar-refractivity contribution >= 4 is 0 Å². The Morgan fingerprint density at radius 2 is 2.00 bits per heavy atom. The highest BCUT2D eigenvalue weighted by Crippen LogP contribution is 2.47. The van der Waals surface area contributed by atoms with Crippen LogP contribution in [0.25, 0.3) is 0 Å². The summed E-state index contributed by atoms with van der Waals surface area (Å²) in [6.07, 6.45) is 8.00. The summed E-state index contributed by atoms with van der Waals surface area (Å²) in [5.74, 6) is 0.707. The second-order valence-corrected chi connectivity index (χ2v) is 4.99. The molecule has 2 atom stereocenters. The van der Waals surface area contributed by atoms with E-state index >= 15 is 0 Å². The Morgan fingerprint density at radius 3 is 2.50 bits per heavy atom. The van der Waals surface area contributed by atoms with Gasteiger partial charge in [-0.05, 0) is 32.1 Å². The molecule has 1 saturated heterocycles. The van der Waals surface area contributed by atoms with Crippen molar-refractivity contribution in [3.63, 3.8) is 0 Å². The molecule has 0 spiro atoms. The van der Waals surface area contributed by atoms with E-state index in [1.807, 2.05) is 0 Å². The molecular weight excluding hydrogens is 176 g/mol. The zero-order chi connectivity index (χ0) is 10.0. The Kier molecular flexibility index (Phi) is 3.13. The van der Waals surface area contributed by atoms with Crippen molar-refractivity contribution < 1.29 is 9.84 Å². The molecule has 1 heterocycles. The van der Waals surface area contributed by atoms with Crippen LogP contribution in [0.3, 0.4) is 0 Å². The minimum atomic E-state index is 0.0976. The smallest absolute Gasteiger partial charge is 0.0628 e. The monoisotopic (exact) mass is 198 g/mol. The third kappa shape index (κ3) is 1.59. The lowest BCUT2D eigenvalue weighted by atomic mass is 9.66. The molecule has 2 fully saturated rings. The van der Waals surface area contributed by atoms with Crippen LogP contribution in [0.1, 0.15) is 45.4 Å². The second kappa shape index (κ2) is 4.19. The van der Waals surface area contributed by atoms with Gasteiger partial charge in [0, 0.05) is 12.0 Å². The topological polar surface area (TPSA) is 29.5 Å². The molecule has 2 rings (SSSR count). The SMILES string of the molecule is CC1OCCC1(CO)C1CCCCC1. The Balaban J connectivity index is 2.09. The molecule has 0 aromatic rings. The molecule has 82 valence electrons. The molecule has 0 aromatic carbocycles. The van der Waals surface area contributed by atoms with E-state index in [-0.39, 0.29) is 11.5 Å². The van der Waals surface area contributed by atoms with E-state index in [2.05, 4.69) is 6.92 Å². The number of ether oxygens (including phenoxy) is 1. The predicted molar refractivity (Wildman–Crippen MR) is 56.1 cm³/mol. The first kappa shape index (κ1) is 10.4. The van der Waals surface area contributed by atoms with Gasteiger partial charge in [-0.1, -0.05) is 19.3 Å². The summed E-state index contributed by atoms with van der Waals surface area (Å²) in [4.78, 5) is 0. The van der Waals surface area contributed by atoms with Gasteiger partial charge in [0.05, 0.1) is 12.7 Å². The van der Waals surface area contributed by atoms with Crippen LogP contribution in [-0.2, 0) is 4.74 Å².